The molecule has 0 atom stereocenters. The first-order valence-electron chi connectivity index (χ1n) is 5.73. The molecule has 0 bridgehead atoms. The third-order valence-electron chi connectivity index (χ3n) is 3.00. The first-order valence-corrected chi connectivity index (χ1v) is 6.14. The molecule has 3 aromatic rings. The Labute approximate surface area is 113 Å². The normalized spacial score (nSPS) is 11.1. The van der Waals surface area contributed by atoms with Crippen LogP contribution < -0.4 is 0 Å². The van der Waals surface area contributed by atoms with Crippen LogP contribution in [0.15, 0.2) is 36.4 Å². The lowest BCUT2D eigenvalue weighted by molar-refractivity contribution is 0.570. The minimum Gasteiger partial charge on any atom is -0.330 e. The van der Waals surface area contributed by atoms with Gasteiger partial charge in [0.2, 0.25) is 0 Å². The molecule has 0 saturated carbocycles. The summed E-state index contributed by atoms with van der Waals surface area (Å²) in [5, 5.41) is 0. The predicted molar refractivity (Wildman–Crippen MR) is 73.1 cm³/mol. The number of halogens is 2. The summed E-state index contributed by atoms with van der Waals surface area (Å²) >= 11 is 5.17. The Hall–Kier alpha value is -2.01. The molecule has 96 valence electrons. The van der Waals surface area contributed by atoms with Crippen molar-refractivity contribution in [3.05, 3.63) is 58.4 Å². The topological polar surface area (TPSA) is 20.7 Å². The van der Waals surface area contributed by atoms with Gasteiger partial charge in [0.1, 0.15) is 17.3 Å². The third kappa shape index (κ3) is 1.86. The quantitative estimate of drug-likeness (QED) is 0.658. The molecule has 0 unspecified atom stereocenters. The number of nitrogens with zero attached hydrogens (tertiary/aromatic N) is 1. The summed E-state index contributed by atoms with van der Waals surface area (Å²) in [6.45, 7) is 1.91. The van der Waals surface area contributed by atoms with Crippen LogP contribution in [0.4, 0.5) is 8.78 Å². The zero-order chi connectivity index (χ0) is 13.6. The Morgan fingerprint density at radius 3 is 2.47 bits per heavy atom. The lowest BCUT2D eigenvalue weighted by Gasteiger charge is -2.07. The monoisotopic (exact) mass is 276 g/mol. The zero-order valence-electron chi connectivity index (χ0n) is 10.1. The molecule has 1 N–H and O–H groups in total. The number of hydrogen-bond acceptors (Lipinski definition) is 1. The van der Waals surface area contributed by atoms with Crippen LogP contribution in [0, 0.1) is 23.3 Å². The van der Waals surface area contributed by atoms with Crippen molar-refractivity contribution in [3.8, 4) is 5.69 Å². The maximum atomic E-state index is 13.9. The molecule has 5 heteroatoms. The molecule has 2 nitrogen and oxygen atoms in total. The van der Waals surface area contributed by atoms with E-state index in [4.69, 9.17) is 12.2 Å². The summed E-state index contributed by atoms with van der Waals surface area (Å²) in [4.78, 5) is 2.95. The van der Waals surface area contributed by atoms with Crippen molar-refractivity contribution in [1.82, 2.24) is 9.55 Å². The predicted octanol–water partition coefficient (Wildman–Crippen LogP) is 4.27. The largest absolute Gasteiger partial charge is 0.330 e. The van der Waals surface area contributed by atoms with E-state index in [1.807, 2.05) is 25.1 Å². The molecule has 2 aromatic carbocycles. The second-order valence-electron chi connectivity index (χ2n) is 4.36. The molecule has 1 aromatic heterocycles. The number of rotatable bonds is 1. The van der Waals surface area contributed by atoms with Gasteiger partial charge in [0.25, 0.3) is 0 Å². The summed E-state index contributed by atoms with van der Waals surface area (Å²) in [7, 11) is 0. The highest BCUT2D eigenvalue weighted by Gasteiger charge is 2.15. The van der Waals surface area contributed by atoms with E-state index in [9.17, 15) is 8.78 Å². The van der Waals surface area contributed by atoms with Crippen molar-refractivity contribution in [1.29, 1.82) is 0 Å². The SMILES string of the molecule is Cc1ccc2[nH]c(=S)n(-c3c(F)cccc3F)c2c1. The van der Waals surface area contributed by atoms with E-state index in [2.05, 4.69) is 4.98 Å². The van der Waals surface area contributed by atoms with Gasteiger partial charge in [-0.1, -0.05) is 12.1 Å². The number of aromatic nitrogens is 2. The molecule has 0 aliphatic carbocycles. The van der Waals surface area contributed by atoms with E-state index < -0.39 is 11.6 Å². The Morgan fingerprint density at radius 1 is 1.11 bits per heavy atom. The van der Waals surface area contributed by atoms with E-state index in [0.717, 1.165) is 11.1 Å². The van der Waals surface area contributed by atoms with E-state index in [1.165, 1.54) is 22.8 Å². The molecule has 0 radical (unpaired) electrons. The molecular formula is C14H10F2N2S. The molecule has 0 fully saturated rings. The highest BCUT2D eigenvalue weighted by atomic mass is 32.1. The number of aromatic amines is 1. The molecule has 1 heterocycles. The van der Waals surface area contributed by atoms with E-state index in [-0.39, 0.29) is 10.5 Å². The molecule has 0 spiro atoms. The summed E-state index contributed by atoms with van der Waals surface area (Å²) in [5.74, 6) is -1.28. The molecule has 3 rings (SSSR count). The van der Waals surface area contributed by atoms with Gasteiger partial charge in [-0.15, -0.1) is 0 Å². The minimum absolute atomic E-state index is 0.149. The smallest absolute Gasteiger partial charge is 0.182 e. The van der Waals surface area contributed by atoms with Crippen LogP contribution in [0.1, 0.15) is 5.56 Å². The standard InChI is InChI=1S/C14H10F2N2S/c1-8-5-6-11-12(7-8)18(14(19)17-11)13-9(15)3-2-4-10(13)16/h2-7H,1H3,(H,17,19). The zero-order valence-corrected chi connectivity index (χ0v) is 10.9. The van der Waals surface area contributed by atoms with Crippen LogP contribution in [0.25, 0.3) is 16.7 Å². The maximum Gasteiger partial charge on any atom is 0.182 e. The summed E-state index contributed by atoms with van der Waals surface area (Å²) in [5.41, 5.74) is 2.25. The van der Waals surface area contributed by atoms with Crippen LogP contribution in [0.2, 0.25) is 0 Å². The fourth-order valence-corrected chi connectivity index (χ4v) is 2.44. The number of para-hydroxylation sites is 1. The number of benzene rings is 2. The van der Waals surface area contributed by atoms with Crippen LogP contribution in [0.3, 0.4) is 0 Å². The van der Waals surface area contributed by atoms with Crippen molar-refractivity contribution < 1.29 is 8.78 Å². The Morgan fingerprint density at radius 2 is 1.79 bits per heavy atom. The summed E-state index contributed by atoms with van der Waals surface area (Å²) < 4.78 is 29.5. The Bertz CT molecular complexity index is 813. The summed E-state index contributed by atoms with van der Waals surface area (Å²) in [6.07, 6.45) is 0. The van der Waals surface area contributed by atoms with E-state index in [1.54, 1.807) is 0 Å². The van der Waals surface area contributed by atoms with Gasteiger partial charge in [0.05, 0.1) is 11.0 Å². The average Bonchev–Trinajstić information content (AvgIpc) is 2.66. The molecule has 0 aliphatic heterocycles. The van der Waals surface area contributed by atoms with Gasteiger partial charge in [-0.05, 0) is 49.0 Å². The minimum atomic E-state index is -0.640. The first kappa shape index (κ1) is 12.0. The Balaban J connectivity index is 2.46. The van der Waals surface area contributed by atoms with Gasteiger partial charge in [-0.25, -0.2) is 8.78 Å². The number of nitrogens with one attached hydrogen (secondary N) is 1. The van der Waals surface area contributed by atoms with Crippen LogP contribution in [-0.2, 0) is 0 Å². The molecular weight excluding hydrogens is 266 g/mol. The number of hydrogen-bond donors (Lipinski definition) is 1. The number of imidazole rings is 1. The Kier molecular flexibility index (Phi) is 2.71. The average molecular weight is 276 g/mol. The van der Waals surface area contributed by atoms with Gasteiger partial charge in [0.15, 0.2) is 4.77 Å². The highest BCUT2D eigenvalue weighted by molar-refractivity contribution is 7.71. The molecule has 19 heavy (non-hydrogen) atoms. The van der Waals surface area contributed by atoms with Gasteiger partial charge >= 0.3 is 0 Å². The second-order valence-corrected chi connectivity index (χ2v) is 4.74. The number of H-pyrrole nitrogens is 1. The summed E-state index contributed by atoms with van der Waals surface area (Å²) in [6, 6.07) is 9.36. The number of aryl methyl sites for hydroxylation is 1. The lowest BCUT2D eigenvalue weighted by atomic mass is 10.2. The molecule has 0 aliphatic rings. The van der Waals surface area contributed by atoms with Gasteiger partial charge in [0, 0.05) is 0 Å². The van der Waals surface area contributed by atoms with Crippen molar-refractivity contribution in [3.63, 3.8) is 0 Å². The first-order chi connectivity index (χ1) is 9.08. The third-order valence-corrected chi connectivity index (χ3v) is 3.28. The lowest BCUT2D eigenvalue weighted by Crippen LogP contribution is -2.01. The van der Waals surface area contributed by atoms with Crippen LogP contribution >= 0.6 is 12.2 Å². The van der Waals surface area contributed by atoms with Crippen LogP contribution in [-0.4, -0.2) is 9.55 Å². The number of fused-ring (bicyclic) bond motifs is 1. The molecule has 0 saturated heterocycles. The van der Waals surface area contributed by atoms with Crippen molar-refractivity contribution >= 4 is 23.3 Å². The van der Waals surface area contributed by atoms with Crippen molar-refractivity contribution in [2.75, 3.05) is 0 Å². The van der Waals surface area contributed by atoms with Gasteiger partial charge in [-0.2, -0.15) is 0 Å². The fourth-order valence-electron chi connectivity index (χ4n) is 2.14. The van der Waals surface area contributed by atoms with Crippen LogP contribution in [0.5, 0.6) is 0 Å². The molecule has 0 amide bonds. The second kappa shape index (κ2) is 4.28. The fraction of sp³-hybridized carbons (Fsp3) is 0.0714. The van der Waals surface area contributed by atoms with Gasteiger partial charge < -0.3 is 4.98 Å². The van der Waals surface area contributed by atoms with Crippen molar-refractivity contribution in [2.45, 2.75) is 6.92 Å². The van der Waals surface area contributed by atoms with E-state index >= 15 is 0 Å². The maximum absolute atomic E-state index is 13.9. The van der Waals surface area contributed by atoms with Crippen molar-refractivity contribution in [2.24, 2.45) is 0 Å². The highest BCUT2D eigenvalue weighted by Crippen LogP contribution is 2.24. The van der Waals surface area contributed by atoms with Gasteiger partial charge in [-0.3, -0.25) is 4.57 Å². The van der Waals surface area contributed by atoms with E-state index in [0.29, 0.717) is 5.52 Å².